The van der Waals surface area contributed by atoms with Gasteiger partial charge in [-0.2, -0.15) is 4.98 Å². The quantitative estimate of drug-likeness (QED) is 0.510. The van der Waals surface area contributed by atoms with E-state index in [2.05, 4.69) is 46.6 Å². The lowest BCUT2D eigenvalue weighted by molar-refractivity contribution is 0.0953. The van der Waals surface area contributed by atoms with Gasteiger partial charge in [0.2, 0.25) is 5.95 Å². The first-order chi connectivity index (χ1) is 14.4. The van der Waals surface area contributed by atoms with Crippen LogP contribution in [0.15, 0.2) is 42.5 Å². The number of benzene rings is 2. The van der Waals surface area contributed by atoms with Crippen molar-refractivity contribution in [3.8, 4) is 0 Å². The van der Waals surface area contributed by atoms with Crippen molar-refractivity contribution < 1.29 is 4.79 Å². The predicted molar refractivity (Wildman–Crippen MR) is 122 cm³/mol. The van der Waals surface area contributed by atoms with Gasteiger partial charge in [0, 0.05) is 22.8 Å². The summed E-state index contributed by atoms with van der Waals surface area (Å²) in [4.78, 5) is 22.2. The number of hydrogen-bond donors (Lipinski definition) is 2. The Morgan fingerprint density at radius 1 is 1.07 bits per heavy atom. The van der Waals surface area contributed by atoms with Crippen LogP contribution in [0, 0.1) is 12.8 Å². The maximum atomic E-state index is 12.8. The SMILES string of the molecule is CCc1ccc(Nc2nc3c(c(Nc4cccc(Cl)c4C)n2)C(=O)CC(C)C3)cc1. The lowest BCUT2D eigenvalue weighted by Crippen LogP contribution is -2.22. The van der Waals surface area contributed by atoms with Crippen LogP contribution >= 0.6 is 11.6 Å². The first kappa shape index (κ1) is 20.4. The third-order valence-electron chi connectivity index (χ3n) is 5.48. The van der Waals surface area contributed by atoms with E-state index in [0.717, 1.165) is 35.5 Å². The second kappa shape index (κ2) is 8.44. The number of aromatic nitrogens is 2. The zero-order valence-electron chi connectivity index (χ0n) is 17.4. The Balaban J connectivity index is 1.75. The van der Waals surface area contributed by atoms with Crippen molar-refractivity contribution in [1.82, 2.24) is 9.97 Å². The van der Waals surface area contributed by atoms with E-state index in [1.54, 1.807) is 0 Å². The maximum absolute atomic E-state index is 12.8. The highest BCUT2D eigenvalue weighted by atomic mass is 35.5. The van der Waals surface area contributed by atoms with Gasteiger partial charge in [0.25, 0.3) is 0 Å². The summed E-state index contributed by atoms with van der Waals surface area (Å²) in [5.41, 5.74) is 5.28. The monoisotopic (exact) mass is 420 g/mol. The van der Waals surface area contributed by atoms with Gasteiger partial charge >= 0.3 is 0 Å². The molecule has 5 nitrogen and oxygen atoms in total. The van der Waals surface area contributed by atoms with Crippen LogP contribution in [-0.4, -0.2) is 15.8 Å². The number of hydrogen-bond acceptors (Lipinski definition) is 5. The maximum Gasteiger partial charge on any atom is 0.229 e. The van der Waals surface area contributed by atoms with E-state index in [4.69, 9.17) is 11.6 Å². The van der Waals surface area contributed by atoms with Crippen molar-refractivity contribution >= 4 is 40.5 Å². The Labute approximate surface area is 181 Å². The smallest absolute Gasteiger partial charge is 0.229 e. The van der Waals surface area contributed by atoms with Gasteiger partial charge in [-0.25, -0.2) is 4.98 Å². The van der Waals surface area contributed by atoms with E-state index in [0.29, 0.717) is 28.8 Å². The van der Waals surface area contributed by atoms with Crippen LogP contribution in [0.25, 0.3) is 0 Å². The number of halogens is 1. The van der Waals surface area contributed by atoms with E-state index in [-0.39, 0.29) is 11.7 Å². The zero-order chi connectivity index (χ0) is 21.3. The molecule has 154 valence electrons. The first-order valence-corrected chi connectivity index (χ1v) is 10.6. The molecule has 1 aliphatic rings. The Morgan fingerprint density at radius 3 is 2.57 bits per heavy atom. The van der Waals surface area contributed by atoms with Crippen molar-refractivity contribution in [1.29, 1.82) is 0 Å². The molecule has 0 spiro atoms. The number of carbonyl (C=O) groups is 1. The summed E-state index contributed by atoms with van der Waals surface area (Å²) in [7, 11) is 0. The molecular weight excluding hydrogens is 396 g/mol. The highest BCUT2D eigenvalue weighted by Crippen LogP contribution is 2.33. The predicted octanol–water partition coefficient (Wildman–Crippen LogP) is 6.25. The topological polar surface area (TPSA) is 66.9 Å². The van der Waals surface area contributed by atoms with Crippen LogP contribution in [-0.2, 0) is 12.8 Å². The highest BCUT2D eigenvalue weighted by Gasteiger charge is 2.28. The number of rotatable bonds is 5. The van der Waals surface area contributed by atoms with Gasteiger partial charge in [-0.3, -0.25) is 4.79 Å². The number of aryl methyl sites for hydroxylation is 1. The van der Waals surface area contributed by atoms with Crippen LogP contribution < -0.4 is 10.6 Å². The lowest BCUT2D eigenvalue weighted by atomic mass is 9.87. The molecule has 6 heteroatoms. The molecule has 3 aromatic rings. The first-order valence-electron chi connectivity index (χ1n) is 10.3. The van der Waals surface area contributed by atoms with Crippen molar-refractivity contribution in [3.63, 3.8) is 0 Å². The van der Waals surface area contributed by atoms with Gasteiger partial charge in [0.15, 0.2) is 5.78 Å². The molecule has 0 bridgehead atoms. The molecule has 0 fully saturated rings. The van der Waals surface area contributed by atoms with E-state index in [1.807, 2.05) is 37.3 Å². The summed E-state index contributed by atoms with van der Waals surface area (Å²) in [6.45, 7) is 6.15. The number of Topliss-reactive ketones (excluding diaryl/α,β-unsaturated/α-hetero) is 1. The van der Waals surface area contributed by atoms with Crippen LogP contribution in [0.4, 0.5) is 23.1 Å². The van der Waals surface area contributed by atoms with Gasteiger partial charge < -0.3 is 10.6 Å². The summed E-state index contributed by atoms with van der Waals surface area (Å²) in [6, 6.07) is 13.9. The molecule has 1 aromatic heterocycles. The minimum Gasteiger partial charge on any atom is -0.339 e. The molecule has 0 aliphatic heterocycles. The normalized spacial score (nSPS) is 15.6. The molecule has 1 heterocycles. The van der Waals surface area contributed by atoms with Crippen LogP contribution in [0.5, 0.6) is 0 Å². The fourth-order valence-corrected chi connectivity index (χ4v) is 3.91. The van der Waals surface area contributed by atoms with E-state index < -0.39 is 0 Å². The molecule has 0 radical (unpaired) electrons. The van der Waals surface area contributed by atoms with E-state index >= 15 is 0 Å². The number of nitrogens with one attached hydrogen (secondary N) is 2. The summed E-state index contributed by atoms with van der Waals surface area (Å²) < 4.78 is 0. The van der Waals surface area contributed by atoms with Gasteiger partial charge in [-0.05, 0) is 61.1 Å². The third-order valence-corrected chi connectivity index (χ3v) is 5.89. The van der Waals surface area contributed by atoms with Crippen molar-refractivity contribution in [2.75, 3.05) is 10.6 Å². The Kier molecular flexibility index (Phi) is 5.73. The fourth-order valence-electron chi connectivity index (χ4n) is 3.74. The van der Waals surface area contributed by atoms with Gasteiger partial charge in [0.1, 0.15) is 5.82 Å². The highest BCUT2D eigenvalue weighted by molar-refractivity contribution is 6.31. The minimum absolute atomic E-state index is 0.0739. The molecule has 2 N–H and O–H groups in total. The number of fused-ring (bicyclic) bond motifs is 1. The molecule has 4 rings (SSSR count). The lowest BCUT2D eigenvalue weighted by Gasteiger charge is -2.23. The Bertz CT molecular complexity index is 1100. The molecule has 30 heavy (non-hydrogen) atoms. The Morgan fingerprint density at radius 2 is 1.83 bits per heavy atom. The van der Waals surface area contributed by atoms with E-state index in [1.165, 1.54) is 5.56 Å². The largest absolute Gasteiger partial charge is 0.339 e. The summed E-state index contributed by atoms with van der Waals surface area (Å²) in [5.74, 6) is 1.33. The average molecular weight is 421 g/mol. The molecule has 2 aromatic carbocycles. The van der Waals surface area contributed by atoms with Crippen molar-refractivity contribution in [2.24, 2.45) is 5.92 Å². The number of carbonyl (C=O) groups excluding carboxylic acids is 1. The van der Waals surface area contributed by atoms with Gasteiger partial charge in [-0.15, -0.1) is 0 Å². The van der Waals surface area contributed by atoms with Gasteiger partial charge in [0.05, 0.1) is 11.3 Å². The van der Waals surface area contributed by atoms with Gasteiger partial charge in [-0.1, -0.05) is 43.6 Å². The molecule has 0 saturated heterocycles. The molecule has 0 saturated carbocycles. The third kappa shape index (κ3) is 4.17. The average Bonchev–Trinajstić information content (AvgIpc) is 2.71. The second-order valence-electron chi connectivity index (χ2n) is 7.87. The summed E-state index contributed by atoms with van der Waals surface area (Å²) in [6.07, 6.45) is 2.24. The molecule has 0 amide bonds. The molecule has 1 aliphatic carbocycles. The second-order valence-corrected chi connectivity index (χ2v) is 8.27. The molecule has 1 atom stereocenters. The number of nitrogens with zero attached hydrogens (tertiary/aromatic N) is 2. The van der Waals surface area contributed by atoms with Crippen molar-refractivity contribution in [2.45, 2.75) is 40.0 Å². The van der Waals surface area contributed by atoms with Crippen LogP contribution in [0.3, 0.4) is 0 Å². The zero-order valence-corrected chi connectivity index (χ0v) is 18.2. The fraction of sp³-hybridized carbons (Fsp3) is 0.292. The number of ketones is 1. The van der Waals surface area contributed by atoms with Crippen molar-refractivity contribution in [3.05, 3.63) is 69.9 Å². The summed E-state index contributed by atoms with van der Waals surface area (Å²) in [5, 5.41) is 7.29. The molecular formula is C24H25ClN4O. The standard InChI is InChI=1S/C24H25ClN4O/c1-4-16-8-10-17(11-9-16)26-24-28-20-12-14(2)13-21(30)22(20)23(29-24)27-19-7-5-6-18(25)15(19)3/h5-11,14H,4,12-13H2,1-3H3,(H2,26,27,28,29). The summed E-state index contributed by atoms with van der Waals surface area (Å²) >= 11 is 6.28. The molecule has 1 unspecified atom stereocenters. The number of anilines is 4. The van der Waals surface area contributed by atoms with E-state index in [9.17, 15) is 4.79 Å². The van der Waals surface area contributed by atoms with Crippen LogP contribution in [0.1, 0.15) is 47.4 Å². The minimum atomic E-state index is 0.0739. The van der Waals surface area contributed by atoms with Crippen LogP contribution in [0.2, 0.25) is 5.02 Å². The Hall–Kier alpha value is -2.92.